The van der Waals surface area contributed by atoms with Crippen molar-refractivity contribution in [2.45, 2.75) is 69.9 Å². The molecular weight excluding hydrogens is 250 g/mol. The van der Waals surface area contributed by atoms with Crippen LogP contribution in [0.4, 0.5) is 0 Å². The van der Waals surface area contributed by atoms with E-state index in [0.29, 0.717) is 12.1 Å². The first-order valence-corrected chi connectivity index (χ1v) is 8.68. The molecule has 0 heterocycles. The summed E-state index contributed by atoms with van der Waals surface area (Å²) in [6, 6.07) is 1.17. The van der Waals surface area contributed by atoms with Gasteiger partial charge in [0.05, 0.1) is 5.92 Å². The molecule has 20 heavy (non-hydrogen) atoms. The molecule has 0 aromatic carbocycles. The molecule has 4 bridgehead atoms. The summed E-state index contributed by atoms with van der Waals surface area (Å²) in [4.78, 5) is 11.2. The molecule has 0 aromatic rings. The van der Waals surface area contributed by atoms with Gasteiger partial charge in [0.15, 0.2) is 0 Å². The lowest BCUT2D eigenvalue weighted by atomic mass is 9.54. The highest BCUT2D eigenvalue weighted by Crippen LogP contribution is 2.54. The van der Waals surface area contributed by atoms with Crippen LogP contribution in [0.5, 0.6) is 0 Å². The van der Waals surface area contributed by atoms with Crippen LogP contribution in [0.3, 0.4) is 0 Å². The van der Waals surface area contributed by atoms with E-state index in [2.05, 4.69) is 5.32 Å². The molecule has 0 amide bonds. The fourth-order valence-corrected chi connectivity index (χ4v) is 6.03. The highest BCUT2D eigenvalue weighted by molar-refractivity contribution is 5.70. The minimum absolute atomic E-state index is 0.0990. The molecular formula is C17H27NO2. The quantitative estimate of drug-likeness (QED) is 0.833. The Balaban J connectivity index is 1.40. The van der Waals surface area contributed by atoms with Gasteiger partial charge in [0.1, 0.15) is 0 Å². The van der Waals surface area contributed by atoms with Crippen LogP contribution in [-0.2, 0) is 4.79 Å². The lowest BCUT2D eigenvalue weighted by Gasteiger charge is -2.55. The molecule has 2 atom stereocenters. The Labute approximate surface area is 121 Å². The van der Waals surface area contributed by atoms with Gasteiger partial charge in [-0.1, -0.05) is 6.42 Å². The van der Waals surface area contributed by atoms with E-state index in [1.54, 1.807) is 0 Å². The summed E-state index contributed by atoms with van der Waals surface area (Å²) in [5.41, 5.74) is 0. The Morgan fingerprint density at radius 2 is 1.55 bits per heavy atom. The van der Waals surface area contributed by atoms with Crippen molar-refractivity contribution in [3.63, 3.8) is 0 Å². The van der Waals surface area contributed by atoms with Crippen molar-refractivity contribution >= 4 is 5.97 Å². The van der Waals surface area contributed by atoms with Gasteiger partial charge in [0, 0.05) is 12.1 Å². The van der Waals surface area contributed by atoms with Crippen LogP contribution >= 0.6 is 0 Å². The van der Waals surface area contributed by atoms with Crippen LogP contribution in [-0.4, -0.2) is 23.2 Å². The smallest absolute Gasteiger partial charge is 0.306 e. The van der Waals surface area contributed by atoms with Gasteiger partial charge >= 0.3 is 5.97 Å². The predicted octanol–water partition coefficient (Wildman–Crippen LogP) is 3.04. The average molecular weight is 277 g/mol. The first-order chi connectivity index (χ1) is 9.69. The minimum atomic E-state index is -0.582. The lowest BCUT2D eigenvalue weighted by molar-refractivity contribution is -0.143. The van der Waals surface area contributed by atoms with E-state index in [9.17, 15) is 9.90 Å². The number of rotatable bonds is 3. The second kappa shape index (κ2) is 5.01. The third kappa shape index (κ3) is 2.28. The molecule has 5 saturated carbocycles. The number of nitrogens with one attached hydrogen (secondary N) is 1. The van der Waals surface area contributed by atoms with Crippen molar-refractivity contribution in [2.75, 3.05) is 0 Å². The standard InChI is InChI=1S/C17H27NO2/c19-17(20)12-2-1-3-15(9-12)18-16-13-5-10-4-11(7-13)8-14(16)6-10/h10-16,18H,1-9H2,(H,19,20). The molecule has 5 fully saturated rings. The van der Waals surface area contributed by atoms with Crippen molar-refractivity contribution in [3.8, 4) is 0 Å². The maximum atomic E-state index is 11.2. The molecule has 0 radical (unpaired) electrons. The number of carbonyl (C=O) groups is 1. The Kier molecular flexibility index (Phi) is 3.29. The summed E-state index contributed by atoms with van der Waals surface area (Å²) in [6.45, 7) is 0. The Morgan fingerprint density at radius 3 is 2.15 bits per heavy atom. The summed E-state index contributed by atoms with van der Waals surface area (Å²) < 4.78 is 0. The molecule has 5 aliphatic carbocycles. The van der Waals surface area contributed by atoms with Crippen molar-refractivity contribution < 1.29 is 9.90 Å². The zero-order chi connectivity index (χ0) is 13.7. The number of carboxylic acid groups (broad SMARTS) is 1. The van der Waals surface area contributed by atoms with Crippen molar-refractivity contribution in [2.24, 2.45) is 29.6 Å². The summed E-state index contributed by atoms with van der Waals surface area (Å²) >= 11 is 0. The van der Waals surface area contributed by atoms with E-state index in [0.717, 1.165) is 42.9 Å². The van der Waals surface area contributed by atoms with Crippen molar-refractivity contribution in [1.82, 2.24) is 5.32 Å². The highest BCUT2D eigenvalue weighted by atomic mass is 16.4. The minimum Gasteiger partial charge on any atom is -0.481 e. The SMILES string of the molecule is O=C(O)C1CCCC(NC2C3CC4CC(C3)CC2C4)C1. The monoisotopic (exact) mass is 277 g/mol. The van der Waals surface area contributed by atoms with E-state index < -0.39 is 5.97 Å². The van der Waals surface area contributed by atoms with Gasteiger partial charge in [-0.25, -0.2) is 0 Å². The van der Waals surface area contributed by atoms with E-state index in [1.165, 1.54) is 38.5 Å². The third-order valence-electron chi connectivity index (χ3n) is 6.68. The van der Waals surface area contributed by atoms with Gasteiger partial charge in [-0.3, -0.25) is 4.79 Å². The zero-order valence-corrected chi connectivity index (χ0v) is 12.3. The highest BCUT2D eigenvalue weighted by Gasteiger charge is 2.48. The van der Waals surface area contributed by atoms with E-state index in [1.807, 2.05) is 0 Å². The summed E-state index contributed by atoms with van der Waals surface area (Å²) in [5.74, 6) is 3.16. The second-order valence-electron chi connectivity index (χ2n) is 8.02. The molecule has 5 aliphatic rings. The fraction of sp³-hybridized carbons (Fsp3) is 0.941. The normalized spacial score (nSPS) is 50.3. The molecule has 2 N–H and O–H groups in total. The first kappa shape index (κ1) is 13.1. The Morgan fingerprint density at radius 1 is 0.900 bits per heavy atom. The van der Waals surface area contributed by atoms with Crippen LogP contribution < -0.4 is 5.32 Å². The van der Waals surface area contributed by atoms with Crippen LogP contribution in [0, 0.1) is 29.6 Å². The molecule has 0 aliphatic heterocycles. The van der Waals surface area contributed by atoms with E-state index in [4.69, 9.17) is 0 Å². The largest absolute Gasteiger partial charge is 0.481 e. The lowest BCUT2D eigenvalue weighted by Crippen LogP contribution is -2.57. The molecule has 112 valence electrons. The maximum Gasteiger partial charge on any atom is 0.306 e. The third-order valence-corrected chi connectivity index (χ3v) is 6.68. The predicted molar refractivity (Wildman–Crippen MR) is 77.4 cm³/mol. The van der Waals surface area contributed by atoms with Gasteiger partial charge in [-0.2, -0.15) is 0 Å². The summed E-state index contributed by atoms with van der Waals surface area (Å²) in [7, 11) is 0. The Hall–Kier alpha value is -0.570. The number of hydrogen-bond donors (Lipinski definition) is 2. The summed E-state index contributed by atoms with van der Waals surface area (Å²) in [5, 5.41) is 13.2. The van der Waals surface area contributed by atoms with Gasteiger partial charge < -0.3 is 10.4 Å². The Bertz CT molecular complexity index is 366. The van der Waals surface area contributed by atoms with E-state index >= 15 is 0 Å². The number of aliphatic carboxylic acids is 1. The number of carboxylic acids is 1. The van der Waals surface area contributed by atoms with E-state index in [-0.39, 0.29) is 5.92 Å². The summed E-state index contributed by atoms with van der Waals surface area (Å²) in [6.07, 6.45) is 11.3. The fourth-order valence-electron chi connectivity index (χ4n) is 6.03. The van der Waals surface area contributed by atoms with Crippen LogP contribution in [0.15, 0.2) is 0 Å². The van der Waals surface area contributed by atoms with Crippen LogP contribution in [0.2, 0.25) is 0 Å². The van der Waals surface area contributed by atoms with Crippen molar-refractivity contribution in [1.29, 1.82) is 0 Å². The van der Waals surface area contributed by atoms with Crippen LogP contribution in [0.1, 0.15) is 57.8 Å². The molecule has 3 nitrogen and oxygen atoms in total. The van der Waals surface area contributed by atoms with Crippen molar-refractivity contribution in [3.05, 3.63) is 0 Å². The molecule has 0 aromatic heterocycles. The first-order valence-electron chi connectivity index (χ1n) is 8.68. The second-order valence-corrected chi connectivity index (χ2v) is 8.02. The van der Waals surface area contributed by atoms with Gasteiger partial charge in [-0.05, 0) is 75.0 Å². The molecule has 3 heteroatoms. The maximum absolute atomic E-state index is 11.2. The zero-order valence-electron chi connectivity index (χ0n) is 12.3. The molecule has 0 saturated heterocycles. The molecule has 0 spiro atoms. The molecule has 5 rings (SSSR count). The van der Waals surface area contributed by atoms with Gasteiger partial charge in [0.2, 0.25) is 0 Å². The molecule has 2 unspecified atom stereocenters. The van der Waals surface area contributed by atoms with Gasteiger partial charge in [-0.15, -0.1) is 0 Å². The number of hydrogen-bond acceptors (Lipinski definition) is 2. The average Bonchev–Trinajstić information content (AvgIpc) is 2.42. The van der Waals surface area contributed by atoms with Gasteiger partial charge in [0.25, 0.3) is 0 Å². The van der Waals surface area contributed by atoms with Crippen LogP contribution in [0.25, 0.3) is 0 Å². The topological polar surface area (TPSA) is 49.3 Å².